The molecular formula is C17H21NO5. The molecule has 124 valence electrons. The fourth-order valence-corrected chi connectivity index (χ4v) is 2.80. The maximum absolute atomic E-state index is 12.0. The van der Waals surface area contributed by atoms with Crippen LogP contribution in [0.2, 0.25) is 0 Å². The van der Waals surface area contributed by atoms with Crippen LogP contribution in [0.25, 0.3) is 0 Å². The van der Waals surface area contributed by atoms with Crippen molar-refractivity contribution in [3.63, 3.8) is 0 Å². The van der Waals surface area contributed by atoms with E-state index in [1.165, 1.54) is 0 Å². The van der Waals surface area contributed by atoms with E-state index in [4.69, 9.17) is 14.2 Å². The van der Waals surface area contributed by atoms with Crippen LogP contribution in [0, 0.1) is 0 Å². The Kier molecular flexibility index (Phi) is 5.12. The number of benzene rings is 1. The Morgan fingerprint density at radius 1 is 1.30 bits per heavy atom. The van der Waals surface area contributed by atoms with E-state index in [-0.39, 0.29) is 31.0 Å². The molecule has 0 unspecified atom stereocenters. The maximum Gasteiger partial charge on any atom is 0.307 e. The zero-order chi connectivity index (χ0) is 16.1. The summed E-state index contributed by atoms with van der Waals surface area (Å²) < 4.78 is 16.2. The lowest BCUT2D eigenvalue weighted by molar-refractivity contribution is -0.148. The second-order valence-electron chi connectivity index (χ2n) is 5.72. The molecule has 1 saturated heterocycles. The van der Waals surface area contributed by atoms with Gasteiger partial charge in [-0.25, -0.2) is 0 Å². The van der Waals surface area contributed by atoms with Gasteiger partial charge in [-0.2, -0.15) is 0 Å². The van der Waals surface area contributed by atoms with E-state index in [9.17, 15) is 9.59 Å². The van der Waals surface area contributed by atoms with Crippen LogP contribution < -0.4 is 9.64 Å². The highest BCUT2D eigenvalue weighted by atomic mass is 16.6. The molecule has 2 aliphatic rings. The van der Waals surface area contributed by atoms with Crippen LogP contribution in [-0.2, 0) is 19.1 Å². The average Bonchev–Trinajstić information content (AvgIpc) is 2.60. The lowest BCUT2D eigenvalue weighted by Gasteiger charge is -2.29. The Morgan fingerprint density at radius 2 is 2.17 bits per heavy atom. The SMILES string of the molecule is O=C(CCN1C(=O)COc2ccccc21)OC[C@@H]1CCCCO1. The number of amides is 1. The Labute approximate surface area is 135 Å². The molecule has 23 heavy (non-hydrogen) atoms. The Morgan fingerprint density at radius 3 is 3.00 bits per heavy atom. The van der Waals surface area contributed by atoms with Crippen LogP contribution in [0.3, 0.4) is 0 Å². The number of carbonyl (C=O) groups excluding carboxylic acids is 2. The van der Waals surface area contributed by atoms with Crippen molar-refractivity contribution in [2.24, 2.45) is 0 Å². The van der Waals surface area contributed by atoms with Crippen molar-refractivity contribution in [3.8, 4) is 5.75 Å². The first-order valence-corrected chi connectivity index (χ1v) is 8.03. The fourth-order valence-electron chi connectivity index (χ4n) is 2.80. The van der Waals surface area contributed by atoms with Gasteiger partial charge in [-0.05, 0) is 31.4 Å². The molecule has 0 spiro atoms. The van der Waals surface area contributed by atoms with Crippen molar-refractivity contribution >= 4 is 17.6 Å². The summed E-state index contributed by atoms with van der Waals surface area (Å²) in [5, 5.41) is 0. The molecular weight excluding hydrogens is 298 g/mol. The molecule has 0 N–H and O–H groups in total. The number of nitrogens with zero attached hydrogens (tertiary/aromatic N) is 1. The molecule has 2 heterocycles. The first-order chi connectivity index (χ1) is 11.2. The summed E-state index contributed by atoms with van der Waals surface area (Å²) in [6.07, 6.45) is 3.29. The van der Waals surface area contributed by atoms with Gasteiger partial charge < -0.3 is 19.1 Å². The zero-order valence-electron chi connectivity index (χ0n) is 13.0. The van der Waals surface area contributed by atoms with Crippen molar-refractivity contribution in [1.29, 1.82) is 0 Å². The predicted molar refractivity (Wildman–Crippen MR) is 83.5 cm³/mol. The molecule has 0 bridgehead atoms. The third-order valence-corrected chi connectivity index (χ3v) is 4.05. The van der Waals surface area contributed by atoms with Crippen LogP contribution in [0.15, 0.2) is 24.3 Å². The van der Waals surface area contributed by atoms with Gasteiger partial charge in [0, 0.05) is 13.2 Å². The van der Waals surface area contributed by atoms with Crippen molar-refractivity contribution in [2.75, 3.05) is 31.3 Å². The molecule has 1 amide bonds. The summed E-state index contributed by atoms with van der Waals surface area (Å²) in [7, 11) is 0. The smallest absolute Gasteiger partial charge is 0.307 e. The van der Waals surface area contributed by atoms with E-state index in [0.29, 0.717) is 24.6 Å². The Balaban J connectivity index is 1.49. The third kappa shape index (κ3) is 4.01. The molecule has 3 rings (SSSR count). The summed E-state index contributed by atoms with van der Waals surface area (Å²) in [5.74, 6) is 0.208. The quantitative estimate of drug-likeness (QED) is 0.776. The van der Waals surface area contributed by atoms with Gasteiger partial charge in [-0.1, -0.05) is 12.1 Å². The van der Waals surface area contributed by atoms with Crippen molar-refractivity contribution in [1.82, 2.24) is 0 Å². The molecule has 1 atom stereocenters. The number of rotatable bonds is 5. The molecule has 0 aliphatic carbocycles. The van der Waals surface area contributed by atoms with Crippen molar-refractivity contribution in [2.45, 2.75) is 31.8 Å². The second-order valence-corrected chi connectivity index (χ2v) is 5.72. The molecule has 1 aromatic rings. The van der Waals surface area contributed by atoms with Crippen LogP contribution in [-0.4, -0.2) is 44.3 Å². The van der Waals surface area contributed by atoms with Gasteiger partial charge in [0.15, 0.2) is 6.61 Å². The molecule has 0 radical (unpaired) electrons. The van der Waals surface area contributed by atoms with Gasteiger partial charge in [-0.15, -0.1) is 0 Å². The number of hydrogen-bond acceptors (Lipinski definition) is 5. The van der Waals surface area contributed by atoms with Gasteiger partial charge in [0.1, 0.15) is 12.4 Å². The number of anilines is 1. The first kappa shape index (κ1) is 15.8. The summed E-state index contributed by atoms with van der Waals surface area (Å²) >= 11 is 0. The van der Waals surface area contributed by atoms with E-state index >= 15 is 0 Å². The maximum atomic E-state index is 12.0. The molecule has 0 aromatic heterocycles. The highest BCUT2D eigenvalue weighted by Crippen LogP contribution is 2.31. The van der Waals surface area contributed by atoms with E-state index in [1.807, 2.05) is 24.3 Å². The molecule has 2 aliphatic heterocycles. The zero-order valence-corrected chi connectivity index (χ0v) is 13.0. The van der Waals surface area contributed by atoms with Gasteiger partial charge in [0.25, 0.3) is 5.91 Å². The van der Waals surface area contributed by atoms with Crippen LogP contribution in [0.5, 0.6) is 5.75 Å². The average molecular weight is 319 g/mol. The van der Waals surface area contributed by atoms with Gasteiger partial charge in [-0.3, -0.25) is 9.59 Å². The number of ether oxygens (including phenoxy) is 3. The van der Waals surface area contributed by atoms with Crippen LogP contribution in [0.4, 0.5) is 5.69 Å². The minimum atomic E-state index is -0.309. The predicted octanol–water partition coefficient (Wildman–Crippen LogP) is 1.91. The Hall–Kier alpha value is -2.08. The molecule has 0 saturated carbocycles. The largest absolute Gasteiger partial charge is 0.482 e. The standard InChI is InChI=1S/C17H21NO5/c19-16-12-22-15-7-2-1-6-14(15)18(16)9-8-17(20)23-11-13-5-3-4-10-21-13/h1-2,6-7,13H,3-5,8-12H2/t13-/m0/s1. The fraction of sp³-hybridized carbons (Fsp3) is 0.529. The monoisotopic (exact) mass is 319 g/mol. The molecule has 6 nitrogen and oxygen atoms in total. The van der Waals surface area contributed by atoms with Gasteiger partial charge in [0.05, 0.1) is 18.2 Å². The third-order valence-electron chi connectivity index (χ3n) is 4.05. The normalized spacial score (nSPS) is 20.6. The highest BCUT2D eigenvalue weighted by Gasteiger charge is 2.25. The Bertz CT molecular complexity index is 568. The minimum Gasteiger partial charge on any atom is -0.482 e. The first-order valence-electron chi connectivity index (χ1n) is 8.03. The molecule has 6 heteroatoms. The topological polar surface area (TPSA) is 65.1 Å². The molecule has 1 aromatic carbocycles. The van der Waals surface area contributed by atoms with Crippen molar-refractivity contribution < 1.29 is 23.8 Å². The lowest BCUT2D eigenvalue weighted by Crippen LogP contribution is -2.40. The number of fused-ring (bicyclic) bond motifs is 1. The van der Waals surface area contributed by atoms with Gasteiger partial charge in [0.2, 0.25) is 0 Å². The number of para-hydroxylation sites is 2. The minimum absolute atomic E-state index is 0.00196. The summed E-state index contributed by atoms with van der Waals surface area (Å²) in [5.41, 5.74) is 0.701. The lowest BCUT2D eigenvalue weighted by atomic mass is 10.1. The molecule has 1 fully saturated rings. The number of esters is 1. The van der Waals surface area contributed by atoms with E-state index < -0.39 is 0 Å². The van der Waals surface area contributed by atoms with E-state index in [1.54, 1.807) is 4.90 Å². The van der Waals surface area contributed by atoms with Crippen LogP contribution in [0.1, 0.15) is 25.7 Å². The number of carbonyl (C=O) groups is 2. The second kappa shape index (κ2) is 7.46. The van der Waals surface area contributed by atoms with E-state index in [0.717, 1.165) is 25.9 Å². The summed E-state index contributed by atoms with van der Waals surface area (Å²) in [6.45, 7) is 1.33. The van der Waals surface area contributed by atoms with Gasteiger partial charge >= 0.3 is 5.97 Å². The van der Waals surface area contributed by atoms with E-state index in [2.05, 4.69) is 0 Å². The number of hydrogen-bond donors (Lipinski definition) is 0. The highest BCUT2D eigenvalue weighted by molar-refractivity contribution is 5.98. The summed E-state index contributed by atoms with van der Waals surface area (Å²) in [4.78, 5) is 25.5. The summed E-state index contributed by atoms with van der Waals surface area (Å²) in [6, 6.07) is 7.32. The van der Waals surface area contributed by atoms with Crippen molar-refractivity contribution in [3.05, 3.63) is 24.3 Å². The van der Waals surface area contributed by atoms with Crippen LogP contribution >= 0.6 is 0 Å².